The molecular weight excluding hydrogens is 547 g/mol. The minimum Gasteiger partial charge on any atom is -0.307 e. The zero-order valence-corrected chi connectivity index (χ0v) is 21.8. The van der Waals surface area contributed by atoms with Crippen molar-refractivity contribution in [2.45, 2.75) is 22.6 Å². The molecule has 0 radical (unpaired) electrons. The van der Waals surface area contributed by atoms with Gasteiger partial charge in [-0.3, -0.25) is 19.3 Å². The largest absolute Gasteiger partial charge is 0.307 e. The van der Waals surface area contributed by atoms with Crippen molar-refractivity contribution in [1.82, 2.24) is 4.98 Å². The molecule has 1 saturated heterocycles. The summed E-state index contributed by atoms with van der Waals surface area (Å²) in [5.74, 6) is -1.01. The number of nitrogens with one attached hydrogen (secondary N) is 1. The van der Waals surface area contributed by atoms with Gasteiger partial charge in [-0.25, -0.2) is 0 Å². The molecule has 5 nitrogen and oxygen atoms in total. The number of fused-ring (bicyclic) bond motifs is 9. The van der Waals surface area contributed by atoms with Gasteiger partial charge in [-0.2, -0.15) is 0 Å². The standard InChI is InChI=1S/C25H17Cl3N2O3S2/c26-9-4-6-10(7-5-9)30-23(31)17-12-8-13(18(17)24(30)32)20-16(12)15(11-2-1-3-14(27)19(11)28)21-22(34-20)29-25(33)35-21/h1-7,12-13,15-18,20H,8H2,(H,29,33)/t12-,13-,15+,16+,17+,18+,20-/m1/s1. The van der Waals surface area contributed by atoms with Crippen LogP contribution < -0.4 is 9.77 Å². The van der Waals surface area contributed by atoms with E-state index in [4.69, 9.17) is 34.8 Å². The number of halogens is 3. The van der Waals surface area contributed by atoms with Crippen molar-refractivity contribution >= 4 is 75.4 Å². The van der Waals surface area contributed by atoms with Crippen molar-refractivity contribution in [1.29, 1.82) is 0 Å². The van der Waals surface area contributed by atoms with E-state index in [1.807, 2.05) is 12.1 Å². The molecule has 2 bridgehead atoms. The van der Waals surface area contributed by atoms with Crippen LogP contribution in [0.5, 0.6) is 0 Å². The molecule has 35 heavy (non-hydrogen) atoms. The molecule has 1 aromatic heterocycles. The lowest BCUT2D eigenvalue weighted by Gasteiger charge is -2.43. The molecule has 2 saturated carbocycles. The van der Waals surface area contributed by atoms with Crippen LogP contribution in [0, 0.1) is 29.6 Å². The molecule has 0 unspecified atom stereocenters. The van der Waals surface area contributed by atoms with E-state index in [2.05, 4.69) is 4.98 Å². The van der Waals surface area contributed by atoms with Gasteiger partial charge in [0.2, 0.25) is 11.8 Å². The number of carbonyl (C=O) groups excluding carboxylic acids is 2. The van der Waals surface area contributed by atoms with Crippen LogP contribution in [0.15, 0.2) is 52.3 Å². The van der Waals surface area contributed by atoms with Gasteiger partial charge in [0.15, 0.2) is 0 Å². The first-order chi connectivity index (χ1) is 16.8. The maximum atomic E-state index is 13.7. The first kappa shape index (κ1) is 22.4. The third-order valence-electron chi connectivity index (χ3n) is 8.13. The van der Waals surface area contributed by atoms with E-state index in [1.54, 1.807) is 42.1 Å². The Morgan fingerprint density at radius 3 is 2.37 bits per heavy atom. The predicted octanol–water partition coefficient (Wildman–Crippen LogP) is 6.07. The summed E-state index contributed by atoms with van der Waals surface area (Å²) in [6, 6.07) is 12.4. The van der Waals surface area contributed by atoms with Crippen molar-refractivity contribution in [2.75, 3.05) is 4.90 Å². The smallest absolute Gasteiger partial charge is 0.305 e. The Bertz CT molecular complexity index is 1470. The van der Waals surface area contributed by atoms with Crippen LogP contribution in [0.2, 0.25) is 15.1 Å². The van der Waals surface area contributed by atoms with Crippen LogP contribution in [0.4, 0.5) is 5.69 Å². The topological polar surface area (TPSA) is 70.2 Å². The fraction of sp³-hybridized carbons (Fsp3) is 0.320. The summed E-state index contributed by atoms with van der Waals surface area (Å²) in [6.45, 7) is 0. The van der Waals surface area contributed by atoms with E-state index in [-0.39, 0.29) is 57.4 Å². The summed E-state index contributed by atoms with van der Waals surface area (Å²) in [5, 5.41) is 2.44. The van der Waals surface area contributed by atoms with Crippen LogP contribution in [0.1, 0.15) is 22.8 Å². The highest BCUT2D eigenvalue weighted by Gasteiger charge is 2.69. The number of amides is 2. The van der Waals surface area contributed by atoms with Crippen molar-refractivity contribution in [3.8, 4) is 0 Å². The molecule has 7 rings (SSSR count). The zero-order chi connectivity index (χ0) is 24.2. The number of hydrogen-bond acceptors (Lipinski definition) is 5. The minimum atomic E-state index is -0.372. The second-order valence-electron chi connectivity index (χ2n) is 9.59. The number of imide groups is 1. The van der Waals surface area contributed by atoms with Gasteiger partial charge in [-0.05, 0) is 60.1 Å². The highest BCUT2D eigenvalue weighted by Crippen LogP contribution is 2.69. The Labute approximate surface area is 223 Å². The number of aromatic amines is 1. The Hall–Kier alpha value is -1.77. The molecule has 3 aromatic rings. The van der Waals surface area contributed by atoms with Crippen LogP contribution in [0.25, 0.3) is 0 Å². The van der Waals surface area contributed by atoms with Crippen molar-refractivity contribution in [2.24, 2.45) is 29.6 Å². The molecule has 2 aliphatic heterocycles. The van der Waals surface area contributed by atoms with Crippen molar-refractivity contribution < 1.29 is 9.59 Å². The molecule has 2 aromatic carbocycles. The third-order valence-corrected chi connectivity index (χ3v) is 11.8. The summed E-state index contributed by atoms with van der Waals surface area (Å²) in [6.07, 6.45) is 0.817. The number of thioether (sulfide) groups is 1. The van der Waals surface area contributed by atoms with E-state index in [0.717, 1.165) is 21.9 Å². The van der Waals surface area contributed by atoms with Gasteiger partial charge < -0.3 is 4.98 Å². The highest BCUT2D eigenvalue weighted by atomic mass is 35.5. The second kappa shape index (κ2) is 7.86. The van der Waals surface area contributed by atoms with E-state index >= 15 is 0 Å². The monoisotopic (exact) mass is 562 g/mol. The maximum Gasteiger partial charge on any atom is 0.305 e. The molecule has 0 spiro atoms. The molecule has 7 atom stereocenters. The second-order valence-corrected chi connectivity index (χ2v) is 13.0. The number of aromatic nitrogens is 1. The highest BCUT2D eigenvalue weighted by molar-refractivity contribution is 8.00. The van der Waals surface area contributed by atoms with Crippen LogP contribution >= 0.6 is 57.9 Å². The summed E-state index contributed by atoms with van der Waals surface area (Å²) < 4.78 is 0. The lowest BCUT2D eigenvalue weighted by atomic mass is 9.68. The normalized spacial score (nSPS) is 32.7. The maximum absolute atomic E-state index is 13.7. The number of thiazole rings is 1. The van der Waals surface area contributed by atoms with Crippen molar-refractivity contribution in [3.63, 3.8) is 0 Å². The van der Waals surface area contributed by atoms with E-state index in [0.29, 0.717) is 20.8 Å². The first-order valence-corrected chi connectivity index (χ1v) is 14.1. The van der Waals surface area contributed by atoms with E-state index in [9.17, 15) is 14.4 Å². The molecule has 10 heteroatoms. The average molecular weight is 564 g/mol. The average Bonchev–Trinajstić information content (AvgIpc) is 3.56. The molecule has 4 aliphatic rings. The number of benzene rings is 2. The summed E-state index contributed by atoms with van der Waals surface area (Å²) in [5.41, 5.74) is 1.44. The van der Waals surface area contributed by atoms with Gasteiger partial charge in [0.25, 0.3) is 0 Å². The number of anilines is 1. The number of hydrogen-bond donors (Lipinski definition) is 1. The molecule has 2 aliphatic carbocycles. The number of nitrogens with zero attached hydrogens (tertiary/aromatic N) is 1. The van der Waals surface area contributed by atoms with E-state index in [1.165, 1.54) is 16.2 Å². The molecule has 3 heterocycles. The molecular formula is C25H17Cl3N2O3S2. The van der Waals surface area contributed by atoms with Crippen molar-refractivity contribution in [3.05, 3.63) is 77.6 Å². The van der Waals surface area contributed by atoms with E-state index < -0.39 is 0 Å². The number of carbonyl (C=O) groups is 2. The SMILES string of the molecule is O=C1[C@H]2[C@H]3C[C@@H]([C@@H]2C(=O)N1c1ccc(Cl)cc1)[C@H]1[C@H](c2cccc(Cl)c2Cl)c2sc(=O)[nH]c2S[C@H]31. The fourth-order valence-electron chi connectivity index (χ4n) is 6.97. The summed E-state index contributed by atoms with van der Waals surface area (Å²) >= 11 is 22.0. The Morgan fingerprint density at radius 1 is 0.914 bits per heavy atom. The van der Waals surface area contributed by atoms with Gasteiger partial charge in [0.1, 0.15) is 0 Å². The van der Waals surface area contributed by atoms with Gasteiger partial charge in [-0.15, -0.1) is 11.8 Å². The van der Waals surface area contributed by atoms with Gasteiger partial charge in [-0.1, -0.05) is 58.3 Å². The summed E-state index contributed by atoms with van der Waals surface area (Å²) in [4.78, 5) is 44.9. The molecule has 3 fully saturated rings. The Morgan fingerprint density at radius 2 is 1.63 bits per heavy atom. The predicted molar refractivity (Wildman–Crippen MR) is 139 cm³/mol. The lowest BCUT2D eigenvalue weighted by molar-refractivity contribution is -0.123. The van der Waals surface area contributed by atoms with Crippen LogP contribution in [-0.4, -0.2) is 22.0 Å². The number of rotatable bonds is 2. The van der Waals surface area contributed by atoms with Crippen LogP contribution in [-0.2, 0) is 9.59 Å². The molecule has 1 N–H and O–H groups in total. The van der Waals surface area contributed by atoms with Gasteiger partial charge in [0, 0.05) is 21.1 Å². The first-order valence-electron chi connectivity index (χ1n) is 11.3. The fourth-order valence-corrected chi connectivity index (χ4v) is 10.4. The Balaban J connectivity index is 1.35. The summed E-state index contributed by atoms with van der Waals surface area (Å²) in [7, 11) is 0. The third kappa shape index (κ3) is 3.05. The molecule has 2 amide bonds. The van der Waals surface area contributed by atoms with Gasteiger partial charge in [0.05, 0.1) is 32.6 Å². The number of H-pyrrole nitrogens is 1. The quantitative estimate of drug-likeness (QED) is 0.384. The van der Waals surface area contributed by atoms with Gasteiger partial charge >= 0.3 is 4.87 Å². The van der Waals surface area contributed by atoms with Crippen LogP contribution in [0.3, 0.4) is 0 Å². The Kier molecular flexibility index (Phi) is 5.04. The molecule has 178 valence electrons. The minimum absolute atomic E-state index is 0.0154. The lowest BCUT2D eigenvalue weighted by Crippen LogP contribution is -2.42. The zero-order valence-electron chi connectivity index (χ0n) is 17.9.